The maximum Gasteiger partial charge on any atom is 0.187 e. The van der Waals surface area contributed by atoms with E-state index in [1.165, 1.54) is 0 Å². The van der Waals surface area contributed by atoms with Crippen LogP contribution in [0, 0.1) is 0 Å². The van der Waals surface area contributed by atoms with Crippen molar-refractivity contribution in [3.63, 3.8) is 0 Å². The average molecular weight is 402 g/mol. The second kappa shape index (κ2) is 10.9. The van der Waals surface area contributed by atoms with Gasteiger partial charge in [-0.15, -0.1) is 0 Å². The fraction of sp³-hybridized carbons (Fsp3) is 1.00. The van der Waals surface area contributed by atoms with Crippen LogP contribution in [0.4, 0.5) is 0 Å². The zero-order valence-corrected chi connectivity index (χ0v) is 15.0. The van der Waals surface area contributed by atoms with E-state index in [0.29, 0.717) is 0 Å². The van der Waals surface area contributed by atoms with Gasteiger partial charge >= 0.3 is 0 Å². The minimum Gasteiger partial charge on any atom is -0.394 e. The lowest BCUT2D eigenvalue weighted by molar-refractivity contribution is -0.355. The van der Waals surface area contributed by atoms with Crippen molar-refractivity contribution >= 4 is 0 Å². The van der Waals surface area contributed by atoms with Crippen LogP contribution in [0.1, 0.15) is 13.8 Å². The van der Waals surface area contributed by atoms with E-state index in [-0.39, 0.29) is 6.10 Å². The number of ether oxygens (including phenoxy) is 3. The third-order valence-corrected chi connectivity index (χ3v) is 3.98. The molecule has 0 aromatic rings. The van der Waals surface area contributed by atoms with Gasteiger partial charge in [0, 0.05) is 6.10 Å². The Morgan fingerprint density at radius 3 is 1.74 bits per heavy atom. The molecule has 9 N–H and O–H groups in total. The van der Waals surface area contributed by atoms with Crippen LogP contribution in [-0.2, 0) is 14.2 Å². The van der Waals surface area contributed by atoms with Crippen molar-refractivity contribution in [2.24, 2.45) is 0 Å². The van der Waals surface area contributed by atoms with E-state index < -0.39 is 74.6 Å². The first-order chi connectivity index (χ1) is 12.5. The van der Waals surface area contributed by atoms with Gasteiger partial charge in [0.05, 0.1) is 13.2 Å². The molecule has 2 saturated heterocycles. The molecular weight excluding hydrogens is 372 g/mol. The molecule has 2 aliphatic rings. The topological polar surface area (TPSA) is 210 Å². The summed E-state index contributed by atoms with van der Waals surface area (Å²) in [7, 11) is 0. The lowest BCUT2D eigenvalue weighted by Gasteiger charge is -2.45. The molecule has 0 amide bonds. The Balaban J connectivity index is 0.000000828. The molecule has 2 rings (SSSR count). The summed E-state index contributed by atoms with van der Waals surface area (Å²) in [5.74, 6) is 0. The number of rotatable bonds is 4. The number of aliphatic hydroxyl groups excluding tert-OH is 9. The predicted molar refractivity (Wildman–Crippen MR) is 86.0 cm³/mol. The normalized spacial score (nSPS) is 45.3. The summed E-state index contributed by atoms with van der Waals surface area (Å²) >= 11 is 0. The quantitative estimate of drug-likeness (QED) is 0.216. The summed E-state index contributed by atoms with van der Waals surface area (Å²) < 4.78 is 15.3. The van der Waals surface area contributed by atoms with E-state index >= 15 is 0 Å². The molecule has 0 radical (unpaired) electrons. The molecule has 162 valence electrons. The molecule has 10 atom stereocenters. The van der Waals surface area contributed by atoms with Gasteiger partial charge in [-0.2, -0.15) is 0 Å². The summed E-state index contributed by atoms with van der Waals surface area (Å²) in [6.45, 7) is 2.10. The Labute approximate surface area is 155 Å². The molecule has 27 heavy (non-hydrogen) atoms. The van der Waals surface area contributed by atoms with E-state index in [0.717, 1.165) is 0 Å². The first-order valence-corrected chi connectivity index (χ1v) is 8.49. The van der Waals surface area contributed by atoms with E-state index in [9.17, 15) is 35.7 Å². The number of aliphatic hydroxyl groups is 9. The van der Waals surface area contributed by atoms with Crippen LogP contribution >= 0.6 is 0 Å². The van der Waals surface area contributed by atoms with Gasteiger partial charge in [-0.1, -0.05) is 0 Å². The molecule has 2 fully saturated rings. The van der Waals surface area contributed by atoms with Crippen molar-refractivity contribution in [3.8, 4) is 0 Å². The van der Waals surface area contributed by atoms with E-state index in [1.54, 1.807) is 13.8 Å². The van der Waals surface area contributed by atoms with Crippen LogP contribution in [0.3, 0.4) is 0 Å². The van der Waals surface area contributed by atoms with Gasteiger partial charge in [-0.25, -0.2) is 0 Å². The van der Waals surface area contributed by atoms with Crippen LogP contribution in [0.15, 0.2) is 0 Å². The standard InChI is InChI=1S/C12H22O11.C3H8O/c13-1-3-5(15)6(16)9(19)12(22-3)23-10-4(2-14)21-11(20)8(18)7(10)17;1-3(2)4/h3-20H,1-2H2;3-4H,1-2H3/t3-,4-,5+,6+,7-,8-,9-,10-,11-,12+;/m1./s1. The first-order valence-electron chi connectivity index (χ1n) is 8.49. The second-order valence-corrected chi connectivity index (χ2v) is 6.62. The van der Waals surface area contributed by atoms with Crippen molar-refractivity contribution in [2.75, 3.05) is 13.2 Å². The minimum absolute atomic E-state index is 0.167. The van der Waals surface area contributed by atoms with Crippen molar-refractivity contribution < 1.29 is 60.2 Å². The lowest BCUT2D eigenvalue weighted by atomic mass is 9.97. The van der Waals surface area contributed by atoms with Gasteiger partial charge in [0.2, 0.25) is 0 Å². The first kappa shape index (κ1) is 24.6. The van der Waals surface area contributed by atoms with Crippen molar-refractivity contribution in [2.45, 2.75) is 81.4 Å². The summed E-state index contributed by atoms with van der Waals surface area (Å²) in [6, 6.07) is 0. The molecule has 0 unspecified atom stereocenters. The van der Waals surface area contributed by atoms with Gasteiger partial charge in [-0.3, -0.25) is 0 Å². The van der Waals surface area contributed by atoms with E-state index in [4.69, 9.17) is 24.4 Å². The van der Waals surface area contributed by atoms with Crippen LogP contribution in [0.2, 0.25) is 0 Å². The Morgan fingerprint density at radius 1 is 0.741 bits per heavy atom. The van der Waals surface area contributed by atoms with Gasteiger partial charge in [0.15, 0.2) is 12.6 Å². The highest BCUT2D eigenvalue weighted by Crippen LogP contribution is 2.28. The average Bonchev–Trinajstić information content (AvgIpc) is 2.61. The Hall–Kier alpha value is -0.480. The smallest absolute Gasteiger partial charge is 0.187 e. The Kier molecular flexibility index (Phi) is 9.91. The van der Waals surface area contributed by atoms with Crippen LogP contribution in [-0.4, -0.2) is 127 Å². The predicted octanol–water partition coefficient (Wildman–Crippen LogP) is -5.01. The molecule has 2 heterocycles. The fourth-order valence-electron chi connectivity index (χ4n) is 2.57. The van der Waals surface area contributed by atoms with Crippen molar-refractivity contribution in [3.05, 3.63) is 0 Å². The second-order valence-electron chi connectivity index (χ2n) is 6.62. The SMILES string of the molecule is CC(C)O.OC[C@H]1O[C@@H](O[C@H]2[C@H](O)[C@@H](O)[C@H](O)O[C@@H]2CO)[C@H](O)[C@@H](O)[C@H]1O. The maximum absolute atomic E-state index is 9.94. The van der Waals surface area contributed by atoms with Gasteiger partial charge < -0.3 is 60.2 Å². The van der Waals surface area contributed by atoms with Crippen LogP contribution in [0.25, 0.3) is 0 Å². The van der Waals surface area contributed by atoms with Crippen LogP contribution < -0.4 is 0 Å². The molecule has 0 aromatic carbocycles. The summed E-state index contributed by atoms with van der Waals surface area (Å²) in [4.78, 5) is 0. The summed E-state index contributed by atoms with van der Waals surface area (Å²) in [5.41, 5.74) is 0. The van der Waals surface area contributed by atoms with Gasteiger partial charge in [0.25, 0.3) is 0 Å². The highest BCUT2D eigenvalue weighted by molar-refractivity contribution is 4.93. The molecule has 2 aliphatic heterocycles. The number of hydrogen-bond donors (Lipinski definition) is 9. The third-order valence-electron chi connectivity index (χ3n) is 3.98. The van der Waals surface area contributed by atoms with Crippen LogP contribution in [0.5, 0.6) is 0 Å². The highest BCUT2D eigenvalue weighted by Gasteiger charge is 2.50. The molecule has 12 heteroatoms. The Bertz CT molecular complexity index is 417. The lowest BCUT2D eigenvalue weighted by Crippen LogP contribution is -2.64. The largest absolute Gasteiger partial charge is 0.394 e. The molecule has 0 spiro atoms. The molecular formula is C15H30O12. The zero-order chi connectivity index (χ0) is 20.9. The third kappa shape index (κ3) is 6.25. The van der Waals surface area contributed by atoms with Gasteiger partial charge in [0.1, 0.15) is 48.8 Å². The zero-order valence-electron chi connectivity index (χ0n) is 15.0. The summed E-state index contributed by atoms with van der Waals surface area (Å²) in [5, 5.41) is 84.5. The fourth-order valence-corrected chi connectivity index (χ4v) is 2.57. The monoisotopic (exact) mass is 402 g/mol. The number of hydrogen-bond acceptors (Lipinski definition) is 12. The van der Waals surface area contributed by atoms with E-state index in [1.807, 2.05) is 0 Å². The molecule has 12 nitrogen and oxygen atoms in total. The van der Waals surface area contributed by atoms with E-state index in [2.05, 4.69) is 0 Å². The Morgan fingerprint density at radius 2 is 1.26 bits per heavy atom. The highest BCUT2D eigenvalue weighted by atomic mass is 16.7. The molecule has 0 aliphatic carbocycles. The van der Waals surface area contributed by atoms with Gasteiger partial charge in [-0.05, 0) is 13.8 Å². The summed E-state index contributed by atoms with van der Waals surface area (Å²) in [6.07, 6.45) is -15.7. The van der Waals surface area contributed by atoms with Crippen molar-refractivity contribution in [1.82, 2.24) is 0 Å². The molecule has 0 bridgehead atoms. The van der Waals surface area contributed by atoms with Crippen molar-refractivity contribution in [1.29, 1.82) is 0 Å². The minimum atomic E-state index is -1.74. The molecule has 0 aromatic heterocycles. The maximum atomic E-state index is 9.94. The molecule has 0 saturated carbocycles.